The number of aryl methyl sites for hydroxylation is 1. The molecule has 0 saturated heterocycles. The van der Waals surface area contributed by atoms with Gasteiger partial charge in [0.15, 0.2) is 23.0 Å². The first-order chi connectivity index (χ1) is 12.6. The van der Waals surface area contributed by atoms with E-state index in [0.29, 0.717) is 23.7 Å². The summed E-state index contributed by atoms with van der Waals surface area (Å²) in [5, 5.41) is 28.9. The van der Waals surface area contributed by atoms with Crippen LogP contribution < -0.4 is 14.2 Å². The highest BCUT2D eigenvalue weighted by Crippen LogP contribution is 2.51. The lowest BCUT2D eigenvalue weighted by Crippen LogP contribution is -2.13. The normalized spacial score (nSPS) is 18.3. The Hall–Kier alpha value is -2.44. The number of methoxy groups -OCH3 is 2. The Bertz CT molecular complexity index is 773. The molecule has 3 N–H and O–H groups in total. The molecule has 6 heteroatoms. The van der Waals surface area contributed by atoms with E-state index in [1.165, 1.54) is 7.11 Å². The lowest BCUT2D eigenvalue weighted by Gasteiger charge is -2.18. The van der Waals surface area contributed by atoms with E-state index in [1.54, 1.807) is 25.3 Å². The standard InChI is InChI=1S/C20H24O6/c1-24-17-10-13(5-6-16(17)23)19-15(11-22)14-8-12(4-3-7-21)9-18(25-2)20(14)26-19/h5-6,8-10,15,19,21-23H,3-4,7,11H2,1-2H3/t15-,19?/m0/s1. The maximum absolute atomic E-state index is 10.0. The number of phenols is 1. The van der Waals surface area contributed by atoms with Crippen LogP contribution in [0.1, 0.15) is 35.1 Å². The number of hydrogen-bond acceptors (Lipinski definition) is 6. The number of hydrogen-bond donors (Lipinski definition) is 3. The minimum atomic E-state index is -0.411. The van der Waals surface area contributed by atoms with E-state index in [1.807, 2.05) is 12.1 Å². The Balaban J connectivity index is 2.00. The lowest BCUT2D eigenvalue weighted by atomic mass is 9.90. The minimum absolute atomic E-state index is 0.0520. The van der Waals surface area contributed by atoms with Gasteiger partial charge in [0.2, 0.25) is 0 Å². The zero-order valence-electron chi connectivity index (χ0n) is 14.9. The van der Waals surface area contributed by atoms with Crippen LogP contribution in [0.3, 0.4) is 0 Å². The molecule has 2 aromatic carbocycles. The summed E-state index contributed by atoms with van der Waals surface area (Å²) in [6.07, 6.45) is 0.966. The van der Waals surface area contributed by atoms with E-state index in [-0.39, 0.29) is 24.9 Å². The Kier molecular flexibility index (Phi) is 5.54. The van der Waals surface area contributed by atoms with Gasteiger partial charge in [-0.1, -0.05) is 12.1 Å². The van der Waals surface area contributed by atoms with Gasteiger partial charge in [-0.15, -0.1) is 0 Å². The molecule has 2 atom stereocenters. The second-order valence-corrected chi connectivity index (χ2v) is 6.30. The molecule has 6 nitrogen and oxygen atoms in total. The molecule has 0 bridgehead atoms. The fraction of sp³-hybridized carbons (Fsp3) is 0.400. The molecule has 0 amide bonds. The summed E-state index contributed by atoms with van der Waals surface area (Å²) in [6, 6.07) is 8.94. The van der Waals surface area contributed by atoms with Crippen LogP contribution in [0, 0.1) is 0 Å². The molecule has 3 rings (SSSR count). The molecule has 1 heterocycles. The van der Waals surface area contributed by atoms with Crippen LogP contribution in [0.2, 0.25) is 0 Å². The molecule has 0 saturated carbocycles. The minimum Gasteiger partial charge on any atom is -0.504 e. The number of aromatic hydroxyl groups is 1. The van der Waals surface area contributed by atoms with Crippen LogP contribution in [0.4, 0.5) is 0 Å². The third-order valence-electron chi connectivity index (χ3n) is 4.73. The second-order valence-electron chi connectivity index (χ2n) is 6.30. The molecule has 0 spiro atoms. The van der Waals surface area contributed by atoms with Crippen molar-refractivity contribution in [3.63, 3.8) is 0 Å². The number of aliphatic hydroxyl groups is 2. The largest absolute Gasteiger partial charge is 0.504 e. The number of benzene rings is 2. The Morgan fingerprint density at radius 3 is 2.46 bits per heavy atom. The monoisotopic (exact) mass is 360 g/mol. The van der Waals surface area contributed by atoms with E-state index in [2.05, 4.69) is 0 Å². The SMILES string of the molecule is COc1cc(C2Oc3c(OC)cc(CCCO)cc3[C@@H]2CO)ccc1O. The predicted octanol–water partition coefficient (Wildman–Crippen LogP) is 2.54. The molecule has 140 valence electrons. The van der Waals surface area contributed by atoms with Crippen molar-refractivity contribution in [1.82, 2.24) is 0 Å². The van der Waals surface area contributed by atoms with Crippen molar-refractivity contribution in [3.8, 4) is 23.0 Å². The topological polar surface area (TPSA) is 88.4 Å². The zero-order chi connectivity index (χ0) is 18.7. The van der Waals surface area contributed by atoms with Gasteiger partial charge in [-0.05, 0) is 42.2 Å². The molecule has 1 unspecified atom stereocenters. The smallest absolute Gasteiger partial charge is 0.165 e. The van der Waals surface area contributed by atoms with Gasteiger partial charge in [0.1, 0.15) is 6.10 Å². The van der Waals surface area contributed by atoms with Gasteiger partial charge in [0.05, 0.1) is 26.7 Å². The van der Waals surface area contributed by atoms with Crippen LogP contribution in [0.25, 0.3) is 0 Å². The fourth-order valence-electron chi connectivity index (χ4n) is 3.40. The van der Waals surface area contributed by atoms with Gasteiger partial charge < -0.3 is 29.5 Å². The summed E-state index contributed by atoms with van der Waals surface area (Å²) in [4.78, 5) is 0. The van der Waals surface area contributed by atoms with Crippen LogP contribution >= 0.6 is 0 Å². The summed E-state index contributed by atoms with van der Waals surface area (Å²) in [6.45, 7) is 0.0305. The first kappa shape index (κ1) is 18.4. The van der Waals surface area contributed by atoms with Gasteiger partial charge in [-0.25, -0.2) is 0 Å². The van der Waals surface area contributed by atoms with E-state index < -0.39 is 6.10 Å². The van der Waals surface area contributed by atoms with Crippen LogP contribution in [0.5, 0.6) is 23.0 Å². The lowest BCUT2D eigenvalue weighted by molar-refractivity contribution is 0.157. The summed E-state index contributed by atoms with van der Waals surface area (Å²) < 4.78 is 16.8. The molecule has 0 radical (unpaired) electrons. The Morgan fingerprint density at radius 2 is 1.81 bits per heavy atom. The van der Waals surface area contributed by atoms with Crippen LogP contribution in [0.15, 0.2) is 30.3 Å². The van der Waals surface area contributed by atoms with E-state index in [9.17, 15) is 10.2 Å². The van der Waals surface area contributed by atoms with Crippen molar-refractivity contribution in [1.29, 1.82) is 0 Å². The Labute approximate surface area is 152 Å². The first-order valence-electron chi connectivity index (χ1n) is 8.59. The quantitative estimate of drug-likeness (QED) is 0.703. The van der Waals surface area contributed by atoms with E-state index in [0.717, 1.165) is 23.1 Å². The summed E-state index contributed by atoms with van der Waals surface area (Å²) >= 11 is 0. The summed E-state index contributed by atoms with van der Waals surface area (Å²) in [5.74, 6) is 1.38. The third kappa shape index (κ3) is 3.30. The van der Waals surface area contributed by atoms with Gasteiger partial charge in [-0.2, -0.15) is 0 Å². The highest BCUT2D eigenvalue weighted by molar-refractivity contribution is 5.55. The van der Waals surface area contributed by atoms with Gasteiger partial charge in [0, 0.05) is 12.2 Å². The van der Waals surface area contributed by atoms with E-state index >= 15 is 0 Å². The summed E-state index contributed by atoms with van der Waals surface area (Å²) in [7, 11) is 3.07. The Morgan fingerprint density at radius 1 is 1.04 bits per heavy atom. The number of ether oxygens (including phenoxy) is 3. The average molecular weight is 360 g/mol. The average Bonchev–Trinajstić information content (AvgIpc) is 3.04. The van der Waals surface area contributed by atoms with Gasteiger partial charge in [0.25, 0.3) is 0 Å². The van der Waals surface area contributed by atoms with Crippen molar-refractivity contribution in [2.24, 2.45) is 0 Å². The van der Waals surface area contributed by atoms with Crippen molar-refractivity contribution < 1.29 is 29.5 Å². The number of aliphatic hydroxyl groups excluding tert-OH is 2. The molecule has 1 aliphatic heterocycles. The van der Waals surface area contributed by atoms with Crippen LogP contribution in [-0.4, -0.2) is 42.8 Å². The van der Waals surface area contributed by atoms with Gasteiger partial charge in [-0.3, -0.25) is 0 Å². The summed E-state index contributed by atoms with van der Waals surface area (Å²) in [5.41, 5.74) is 2.71. The fourth-order valence-corrected chi connectivity index (χ4v) is 3.40. The van der Waals surface area contributed by atoms with Crippen molar-refractivity contribution in [2.45, 2.75) is 24.9 Å². The third-order valence-corrected chi connectivity index (χ3v) is 4.73. The maximum atomic E-state index is 10.0. The molecule has 0 aromatic heterocycles. The second kappa shape index (κ2) is 7.85. The van der Waals surface area contributed by atoms with Crippen LogP contribution in [-0.2, 0) is 6.42 Å². The molecular formula is C20H24O6. The molecular weight excluding hydrogens is 336 g/mol. The molecule has 1 aliphatic rings. The molecule has 0 fully saturated rings. The highest BCUT2D eigenvalue weighted by atomic mass is 16.5. The number of phenolic OH excluding ortho intramolecular Hbond substituents is 1. The molecule has 0 aliphatic carbocycles. The van der Waals surface area contributed by atoms with Crippen molar-refractivity contribution >= 4 is 0 Å². The molecule has 26 heavy (non-hydrogen) atoms. The van der Waals surface area contributed by atoms with E-state index in [4.69, 9.17) is 19.3 Å². The number of rotatable bonds is 7. The van der Waals surface area contributed by atoms with Gasteiger partial charge >= 0.3 is 0 Å². The predicted molar refractivity (Wildman–Crippen MR) is 96.3 cm³/mol. The first-order valence-corrected chi connectivity index (χ1v) is 8.59. The highest BCUT2D eigenvalue weighted by Gasteiger charge is 2.37. The maximum Gasteiger partial charge on any atom is 0.165 e. The van der Waals surface area contributed by atoms with Crippen molar-refractivity contribution in [2.75, 3.05) is 27.4 Å². The zero-order valence-corrected chi connectivity index (χ0v) is 14.9. The van der Waals surface area contributed by atoms with Crippen molar-refractivity contribution in [3.05, 3.63) is 47.0 Å². The molecule has 2 aromatic rings. The number of fused-ring (bicyclic) bond motifs is 1.